The van der Waals surface area contributed by atoms with Crippen molar-refractivity contribution in [3.05, 3.63) is 46.4 Å². The largest absolute Gasteiger partial charge is 0.287 e. The second-order valence-corrected chi connectivity index (χ2v) is 4.42. The number of thioether (sulfide) groups is 1. The van der Waals surface area contributed by atoms with E-state index in [1.807, 2.05) is 13.2 Å². The highest BCUT2D eigenvalue weighted by atomic mass is 32.2. The fraction of sp³-hybridized carbons (Fsp3) is 0.200. The summed E-state index contributed by atoms with van der Waals surface area (Å²) in [6.07, 6.45) is 4.99. The van der Waals surface area contributed by atoms with Gasteiger partial charge in [0.05, 0.1) is 16.1 Å². The molecule has 0 spiro atoms. The number of hydrogen-bond acceptors (Lipinski definition) is 5. The number of pyridine rings is 1. The topological polar surface area (TPSA) is 73.8 Å². The summed E-state index contributed by atoms with van der Waals surface area (Å²) in [6.45, 7) is 0. The van der Waals surface area contributed by atoms with Crippen LogP contribution in [0.25, 0.3) is 0 Å². The molecule has 17 heavy (non-hydrogen) atoms. The van der Waals surface area contributed by atoms with E-state index in [-0.39, 0.29) is 5.69 Å². The monoisotopic (exact) mass is 250 g/mol. The highest BCUT2D eigenvalue weighted by Crippen LogP contribution is 2.21. The Balaban J connectivity index is 1.97. The third-order valence-electron chi connectivity index (χ3n) is 2.08. The van der Waals surface area contributed by atoms with Crippen molar-refractivity contribution < 1.29 is 4.92 Å². The molecular formula is C10H10N4O2S. The minimum atomic E-state index is -0.456. The molecule has 0 saturated carbocycles. The fourth-order valence-electron chi connectivity index (χ4n) is 1.27. The molecule has 7 heteroatoms. The zero-order chi connectivity index (χ0) is 12.3. The lowest BCUT2D eigenvalue weighted by Crippen LogP contribution is -1.89. The Morgan fingerprint density at radius 2 is 2.29 bits per heavy atom. The van der Waals surface area contributed by atoms with Crippen LogP contribution in [0.3, 0.4) is 0 Å². The maximum Gasteiger partial charge on any atom is 0.287 e. The van der Waals surface area contributed by atoms with Gasteiger partial charge in [-0.15, -0.1) is 11.8 Å². The minimum absolute atomic E-state index is 0.00993. The van der Waals surface area contributed by atoms with E-state index in [2.05, 4.69) is 10.1 Å². The van der Waals surface area contributed by atoms with Gasteiger partial charge in [-0.1, -0.05) is 0 Å². The molecule has 2 rings (SSSR count). The van der Waals surface area contributed by atoms with E-state index in [9.17, 15) is 10.1 Å². The fourth-order valence-corrected chi connectivity index (χ4v) is 2.02. The van der Waals surface area contributed by atoms with Crippen molar-refractivity contribution in [3.63, 3.8) is 0 Å². The zero-order valence-corrected chi connectivity index (χ0v) is 9.92. The highest BCUT2D eigenvalue weighted by molar-refractivity contribution is 7.98. The first kappa shape index (κ1) is 11.6. The quantitative estimate of drug-likeness (QED) is 0.471. The molecule has 0 amide bonds. The number of aryl methyl sites for hydroxylation is 1. The summed E-state index contributed by atoms with van der Waals surface area (Å²) in [5.41, 5.74) is 1.10. The van der Waals surface area contributed by atoms with E-state index >= 15 is 0 Å². The molecule has 0 fully saturated rings. The summed E-state index contributed by atoms with van der Waals surface area (Å²) in [4.78, 5) is 14.0. The summed E-state index contributed by atoms with van der Waals surface area (Å²) in [5, 5.41) is 15.3. The Hall–Kier alpha value is -1.89. The molecule has 0 bridgehead atoms. The van der Waals surface area contributed by atoms with Crippen molar-refractivity contribution >= 4 is 17.4 Å². The van der Waals surface area contributed by atoms with E-state index in [0.29, 0.717) is 0 Å². The van der Waals surface area contributed by atoms with Gasteiger partial charge in [-0.25, -0.2) is 4.98 Å². The molecule has 0 aliphatic heterocycles. The number of nitrogens with zero attached hydrogens (tertiary/aromatic N) is 4. The molecule has 0 radical (unpaired) electrons. The Morgan fingerprint density at radius 3 is 2.82 bits per heavy atom. The minimum Gasteiger partial charge on any atom is -0.276 e. The van der Waals surface area contributed by atoms with Crippen molar-refractivity contribution in [1.82, 2.24) is 14.8 Å². The zero-order valence-electron chi connectivity index (χ0n) is 9.11. The average Bonchev–Trinajstić information content (AvgIpc) is 2.73. The lowest BCUT2D eigenvalue weighted by Gasteiger charge is -1.98. The summed E-state index contributed by atoms with van der Waals surface area (Å²) in [6, 6.07) is 3.11. The second-order valence-electron chi connectivity index (χ2n) is 3.42. The first-order valence-electron chi connectivity index (χ1n) is 4.86. The third-order valence-corrected chi connectivity index (χ3v) is 3.09. The predicted octanol–water partition coefficient (Wildman–Crippen LogP) is 2.02. The molecule has 0 N–H and O–H groups in total. The molecule has 88 valence electrons. The van der Waals surface area contributed by atoms with Crippen LogP contribution in [0, 0.1) is 10.1 Å². The Kier molecular flexibility index (Phi) is 3.38. The van der Waals surface area contributed by atoms with E-state index in [0.717, 1.165) is 16.3 Å². The molecule has 0 atom stereocenters. The first-order valence-corrected chi connectivity index (χ1v) is 5.84. The van der Waals surface area contributed by atoms with Gasteiger partial charge in [-0.3, -0.25) is 14.8 Å². The normalized spacial score (nSPS) is 10.4. The molecule has 6 nitrogen and oxygen atoms in total. The summed E-state index contributed by atoms with van der Waals surface area (Å²) >= 11 is 1.52. The lowest BCUT2D eigenvalue weighted by molar-refractivity contribution is -0.385. The molecule has 0 unspecified atom stereocenters. The van der Waals surface area contributed by atoms with Gasteiger partial charge < -0.3 is 0 Å². The van der Waals surface area contributed by atoms with Crippen LogP contribution in [-0.4, -0.2) is 19.7 Å². The Bertz CT molecular complexity index is 523. The van der Waals surface area contributed by atoms with Crippen molar-refractivity contribution in [3.8, 4) is 0 Å². The van der Waals surface area contributed by atoms with Crippen LogP contribution in [0.1, 0.15) is 5.56 Å². The van der Waals surface area contributed by atoms with Crippen LogP contribution < -0.4 is 0 Å². The predicted molar refractivity (Wildman–Crippen MR) is 63.7 cm³/mol. The van der Waals surface area contributed by atoms with Gasteiger partial charge in [0, 0.05) is 30.6 Å². The van der Waals surface area contributed by atoms with E-state index in [1.165, 1.54) is 24.0 Å². The molecule has 0 saturated heterocycles. The Labute approximate surface area is 102 Å². The van der Waals surface area contributed by atoms with Gasteiger partial charge in [0.1, 0.15) is 6.20 Å². The smallest absolute Gasteiger partial charge is 0.276 e. The third kappa shape index (κ3) is 3.04. The summed E-state index contributed by atoms with van der Waals surface area (Å²) in [5.74, 6) is 0.749. The summed E-state index contributed by atoms with van der Waals surface area (Å²) in [7, 11) is 1.86. The van der Waals surface area contributed by atoms with E-state index in [4.69, 9.17) is 0 Å². The molecular weight excluding hydrogens is 240 g/mol. The molecule has 0 aliphatic carbocycles. The van der Waals surface area contributed by atoms with Gasteiger partial charge in [0.15, 0.2) is 0 Å². The standard InChI is InChI=1S/C10H10N4O2S/c1-13-6-8(4-12-13)7-17-10-3-2-9(5-11-10)14(15)16/h2-6H,7H2,1H3. The van der Waals surface area contributed by atoms with Crippen LogP contribution in [-0.2, 0) is 12.8 Å². The average molecular weight is 250 g/mol. The maximum atomic E-state index is 10.4. The second kappa shape index (κ2) is 4.96. The summed E-state index contributed by atoms with van der Waals surface area (Å²) < 4.78 is 1.74. The molecule has 2 heterocycles. The number of hydrogen-bond donors (Lipinski definition) is 0. The van der Waals surface area contributed by atoms with Gasteiger partial charge >= 0.3 is 0 Å². The van der Waals surface area contributed by atoms with Crippen molar-refractivity contribution in [2.45, 2.75) is 10.8 Å². The molecule has 2 aromatic rings. The highest BCUT2D eigenvalue weighted by Gasteiger charge is 2.06. The molecule has 2 aromatic heterocycles. The first-order chi connectivity index (χ1) is 8.15. The van der Waals surface area contributed by atoms with Gasteiger partial charge in [-0.2, -0.15) is 5.10 Å². The van der Waals surface area contributed by atoms with Crippen LogP contribution >= 0.6 is 11.8 Å². The maximum absolute atomic E-state index is 10.4. The van der Waals surface area contributed by atoms with Crippen LogP contribution in [0.4, 0.5) is 5.69 Å². The molecule has 0 aromatic carbocycles. The molecule has 0 aliphatic rings. The number of nitro groups is 1. The van der Waals surface area contributed by atoms with Crippen LogP contribution in [0.2, 0.25) is 0 Å². The number of aromatic nitrogens is 3. The number of rotatable bonds is 4. The van der Waals surface area contributed by atoms with Gasteiger partial charge in [0.2, 0.25) is 0 Å². The van der Waals surface area contributed by atoms with E-state index in [1.54, 1.807) is 16.9 Å². The van der Waals surface area contributed by atoms with Gasteiger partial charge in [0.25, 0.3) is 5.69 Å². The van der Waals surface area contributed by atoms with Crippen molar-refractivity contribution in [1.29, 1.82) is 0 Å². The van der Waals surface area contributed by atoms with Crippen molar-refractivity contribution in [2.75, 3.05) is 0 Å². The van der Waals surface area contributed by atoms with Crippen LogP contribution in [0.5, 0.6) is 0 Å². The van der Waals surface area contributed by atoms with E-state index < -0.39 is 4.92 Å². The lowest BCUT2D eigenvalue weighted by atomic mass is 10.4. The van der Waals surface area contributed by atoms with Gasteiger partial charge in [-0.05, 0) is 6.07 Å². The Morgan fingerprint density at radius 1 is 1.47 bits per heavy atom. The van der Waals surface area contributed by atoms with Crippen LogP contribution in [0.15, 0.2) is 35.7 Å². The SMILES string of the molecule is Cn1cc(CSc2ccc([N+](=O)[O-])cn2)cn1. The van der Waals surface area contributed by atoms with Crippen molar-refractivity contribution in [2.24, 2.45) is 7.05 Å².